The number of carbonyl (C=O) groups is 2. The van der Waals surface area contributed by atoms with E-state index in [2.05, 4.69) is 15.3 Å². The summed E-state index contributed by atoms with van der Waals surface area (Å²) in [6.45, 7) is -0.919. The Hall–Kier alpha value is -2.82. The third kappa shape index (κ3) is 3.82. The second-order valence-corrected chi connectivity index (χ2v) is 6.42. The number of hydrogen-bond acceptors (Lipinski definition) is 7. The lowest BCUT2D eigenvalue weighted by molar-refractivity contribution is -0.142. The quantitative estimate of drug-likeness (QED) is 0.689. The zero-order valence-corrected chi connectivity index (χ0v) is 14.8. The van der Waals surface area contributed by atoms with Gasteiger partial charge < -0.3 is 19.7 Å². The molecule has 1 aromatic rings. The van der Waals surface area contributed by atoms with Crippen LogP contribution in [-0.4, -0.2) is 76.0 Å². The van der Waals surface area contributed by atoms with E-state index in [0.717, 1.165) is 4.90 Å². The molecule has 0 bridgehead atoms. The van der Waals surface area contributed by atoms with Gasteiger partial charge in [-0.1, -0.05) is 0 Å². The lowest BCUT2D eigenvalue weighted by atomic mass is 10.1. The molecule has 146 valence electrons. The van der Waals surface area contributed by atoms with Gasteiger partial charge >= 0.3 is 11.9 Å². The van der Waals surface area contributed by atoms with Gasteiger partial charge in [0.05, 0.1) is 25.8 Å². The van der Waals surface area contributed by atoms with Gasteiger partial charge in [0.25, 0.3) is 5.92 Å². The Morgan fingerprint density at radius 1 is 1.48 bits per heavy atom. The number of nitrogens with zero attached hydrogens (tertiary/aromatic N) is 4. The average Bonchev–Trinajstić information content (AvgIpc) is 3.16. The van der Waals surface area contributed by atoms with Crippen molar-refractivity contribution in [2.45, 2.75) is 18.4 Å². The molecule has 1 saturated heterocycles. The Labute approximate surface area is 153 Å². The Kier molecular flexibility index (Phi) is 4.96. The molecule has 3 heterocycles. The van der Waals surface area contributed by atoms with Crippen molar-refractivity contribution in [3.8, 4) is 0 Å². The van der Waals surface area contributed by atoms with Gasteiger partial charge in [-0.25, -0.2) is 18.6 Å². The largest absolute Gasteiger partial charge is 0.480 e. The highest BCUT2D eigenvalue weighted by Crippen LogP contribution is 2.33. The number of esters is 1. The molecular formula is C16H19F2N5O4. The first-order chi connectivity index (χ1) is 12.7. The highest BCUT2D eigenvalue weighted by molar-refractivity contribution is 6.01. The molecule has 2 aliphatic rings. The molecule has 2 N–H and O–H groups in total. The van der Waals surface area contributed by atoms with Gasteiger partial charge in [0.2, 0.25) is 0 Å². The number of nitrogens with one attached hydrogen (secondary N) is 1. The van der Waals surface area contributed by atoms with Gasteiger partial charge in [0, 0.05) is 38.1 Å². The molecule has 11 heteroatoms. The minimum absolute atomic E-state index is 0.0286. The highest BCUT2D eigenvalue weighted by atomic mass is 19.3. The maximum Gasteiger partial charge on any atom is 0.337 e. The maximum atomic E-state index is 13.8. The number of likely N-dealkylation sites (tertiary alicyclic amines) is 1. The fourth-order valence-electron chi connectivity index (χ4n) is 3.17. The van der Waals surface area contributed by atoms with Crippen molar-refractivity contribution in [2.24, 2.45) is 12.0 Å². The smallest absolute Gasteiger partial charge is 0.337 e. The second kappa shape index (κ2) is 7.06. The summed E-state index contributed by atoms with van der Waals surface area (Å²) in [5, 5.41) is 12.2. The van der Waals surface area contributed by atoms with Crippen LogP contribution in [0.2, 0.25) is 0 Å². The van der Waals surface area contributed by atoms with Crippen LogP contribution in [0.4, 0.5) is 8.78 Å². The van der Waals surface area contributed by atoms with Crippen molar-refractivity contribution < 1.29 is 28.2 Å². The monoisotopic (exact) mass is 383 g/mol. The summed E-state index contributed by atoms with van der Waals surface area (Å²) in [7, 11) is 2.96. The number of carboxylic acids is 1. The number of methoxy groups -OCH3 is 1. The van der Waals surface area contributed by atoms with Crippen LogP contribution < -0.4 is 5.32 Å². The van der Waals surface area contributed by atoms with E-state index in [1.807, 2.05) is 0 Å². The summed E-state index contributed by atoms with van der Waals surface area (Å²) in [6.07, 6.45) is 2.50. The lowest BCUT2D eigenvalue weighted by Crippen LogP contribution is -2.43. The molecule has 2 aliphatic heterocycles. The molecule has 1 fully saturated rings. The van der Waals surface area contributed by atoms with Crippen molar-refractivity contribution in [1.29, 1.82) is 0 Å². The molecule has 27 heavy (non-hydrogen) atoms. The number of aliphatic imine (C=N–C) groups is 1. The van der Waals surface area contributed by atoms with E-state index in [1.165, 1.54) is 7.11 Å². The van der Waals surface area contributed by atoms with Gasteiger partial charge in [0.1, 0.15) is 6.04 Å². The molecule has 1 unspecified atom stereocenters. The molecular weight excluding hydrogens is 364 g/mol. The zero-order valence-electron chi connectivity index (χ0n) is 14.8. The predicted molar refractivity (Wildman–Crippen MR) is 89.4 cm³/mol. The molecule has 0 spiro atoms. The number of rotatable bonds is 5. The van der Waals surface area contributed by atoms with Crippen molar-refractivity contribution in [3.63, 3.8) is 0 Å². The first-order valence-corrected chi connectivity index (χ1v) is 8.16. The lowest BCUT2D eigenvalue weighted by Gasteiger charge is -2.26. The number of amidine groups is 1. The van der Waals surface area contributed by atoms with E-state index >= 15 is 0 Å². The normalized spacial score (nSPS) is 22.4. The van der Waals surface area contributed by atoms with E-state index in [-0.39, 0.29) is 24.4 Å². The fourth-order valence-corrected chi connectivity index (χ4v) is 3.17. The van der Waals surface area contributed by atoms with Crippen molar-refractivity contribution in [2.75, 3.05) is 26.7 Å². The van der Waals surface area contributed by atoms with Crippen LogP contribution in [-0.2, 0) is 21.4 Å². The molecule has 1 aromatic heterocycles. The molecule has 3 rings (SSSR count). The number of aliphatic carboxylic acids is 1. The zero-order chi connectivity index (χ0) is 19.8. The Balaban J connectivity index is 1.88. The number of hydrogen-bond donors (Lipinski definition) is 2. The third-order valence-corrected chi connectivity index (χ3v) is 4.51. The van der Waals surface area contributed by atoms with Crippen LogP contribution in [0.3, 0.4) is 0 Å². The number of carbonyl (C=O) groups excluding carboxylic acids is 1. The van der Waals surface area contributed by atoms with Crippen LogP contribution in [0.1, 0.15) is 12.2 Å². The summed E-state index contributed by atoms with van der Waals surface area (Å²) in [6, 6.07) is -1.34. The standard InChI is InChI=1S/C16H19F2N5O4/c1-22-4-3-19-13(22)12-20-6-9(15(26)27-2)10(21-12)7-23-8-16(17,18)5-11(23)14(24)25/h3-4,11H,5-8H2,1-2H3,(H,20,21)(H,24,25). The summed E-state index contributed by atoms with van der Waals surface area (Å²) in [4.78, 5) is 33.0. The number of aryl methyl sites for hydroxylation is 1. The van der Waals surface area contributed by atoms with Gasteiger partial charge in [-0.05, 0) is 0 Å². The van der Waals surface area contributed by atoms with E-state index in [1.54, 1.807) is 24.0 Å². The predicted octanol–water partition coefficient (Wildman–Crippen LogP) is -0.00880. The van der Waals surface area contributed by atoms with Crippen molar-refractivity contribution >= 4 is 17.8 Å². The number of carboxylic acid groups (broad SMARTS) is 1. The van der Waals surface area contributed by atoms with E-state index in [9.17, 15) is 23.5 Å². The van der Waals surface area contributed by atoms with E-state index in [0.29, 0.717) is 11.7 Å². The number of halogens is 2. The Morgan fingerprint density at radius 3 is 2.81 bits per heavy atom. The molecule has 0 aliphatic carbocycles. The van der Waals surface area contributed by atoms with Gasteiger partial charge in [0.15, 0.2) is 11.7 Å². The molecule has 9 nitrogen and oxygen atoms in total. The molecule has 1 atom stereocenters. The number of ether oxygens (including phenoxy) is 1. The van der Waals surface area contributed by atoms with Crippen LogP contribution in [0.5, 0.6) is 0 Å². The van der Waals surface area contributed by atoms with Gasteiger partial charge in [-0.15, -0.1) is 0 Å². The van der Waals surface area contributed by atoms with Crippen molar-refractivity contribution in [1.82, 2.24) is 19.8 Å². The van der Waals surface area contributed by atoms with Gasteiger partial charge in [-0.2, -0.15) is 0 Å². The first kappa shape index (κ1) is 19.0. The highest BCUT2D eigenvalue weighted by Gasteiger charge is 2.48. The van der Waals surface area contributed by atoms with E-state index in [4.69, 9.17) is 4.74 Å². The van der Waals surface area contributed by atoms with Crippen LogP contribution >= 0.6 is 0 Å². The summed E-state index contributed by atoms with van der Waals surface area (Å²) in [5.74, 6) is -4.24. The van der Waals surface area contributed by atoms with E-state index < -0.39 is 36.9 Å². The number of imidazole rings is 1. The van der Waals surface area contributed by atoms with Crippen LogP contribution in [0.25, 0.3) is 0 Å². The Morgan fingerprint density at radius 2 is 2.22 bits per heavy atom. The Bertz CT molecular complexity index is 833. The fraction of sp³-hybridized carbons (Fsp3) is 0.500. The minimum Gasteiger partial charge on any atom is -0.480 e. The number of alkyl halides is 2. The molecule has 0 saturated carbocycles. The van der Waals surface area contributed by atoms with Crippen molar-refractivity contribution in [3.05, 3.63) is 29.5 Å². The number of aromatic nitrogens is 2. The molecule has 0 amide bonds. The van der Waals surface area contributed by atoms with Gasteiger partial charge in [-0.3, -0.25) is 14.7 Å². The summed E-state index contributed by atoms with van der Waals surface area (Å²) >= 11 is 0. The first-order valence-electron chi connectivity index (χ1n) is 8.16. The maximum absolute atomic E-state index is 13.8. The molecule has 0 radical (unpaired) electrons. The van der Waals surface area contributed by atoms with Crippen LogP contribution in [0.15, 0.2) is 28.7 Å². The molecule has 0 aromatic carbocycles. The summed E-state index contributed by atoms with van der Waals surface area (Å²) in [5.41, 5.74) is 0.439. The third-order valence-electron chi connectivity index (χ3n) is 4.51. The SMILES string of the molecule is COC(=O)C1=C(CN2CC(F)(F)CC2C(=O)O)NC(c2nccn2C)=NC1. The average molecular weight is 383 g/mol. The van der Waals surface area contributed by atoms with Crippen LogP contribution in [0, 0.1) is 0 Å². The second-order valence-electron chi connectivity index (χ2n) is 6.42. The minimum atomic E-state index is -3.11. The summed E-state index contributed by atoms with van der Waals surface area (Å²) < 4.78 is 34.0. The topological polar surface area (TPSA) is 109 Å².